The van der Waals surface area contributed by atoms with E-state index in [4.69, 9.17) is 16.3 Å². The SMILES string of the molecule is Clc1cc(Br)cnc1OC1CC1. The first-order valence-corrected chi connectivity index (χ1v) is 4.90. The van der Waals surface area contributed by atoms with E-state index >= 15 is 0 Å². The van der Waals surface area contributed by atoms with Crippen molar-refractivity contribution < 1.29 is 4.74 Å². The lowest BCUT2D eigenvalue weighted by molar-refractivity contribution is 0.291. The number of ether oxygens (including phenoxy) is 1. The predicted molar refractivity (Wildman–Crippen MR) is 50.6 cm³/mol. The first kappa shape index (κ1) is 8.32. The van der Waals surface area contributed by atoms with Gasteiger partial charge in [0.05, 0.1) is 0 Å². The molecule has 0 radical (unpaired) electrons. The molecule has 0 amide bonds. The van der Waals surface area contributed by atoms with Crippen molar-refractivity contribution in [2.24, 2.45) is 0 Å². The molecule has 2 rings (SSSR count). The minimum atomic E-state index is 0.344. The molecule has 0 bridgehead atoms. The second kappa shape index (κ2) is 3.23. The van der Waals surface area contributed by atoms with Crippen molar-refractivity contribution >= 4 is 27.5 Å². The van der Waals surface area contributed by atoms with Crippen LogP contribution in [-0.2, 0) is 0 Å². The Labute approximate surface area is 84.0 Å². The second-order valence-electron chi connectivity index (χ2n) is 2.76. The molecule has 1 aliphatic rings. The lowest BCUT2D eigenvalue weighted by atomic mass is 10.5. The van der Waals surface area contributed by atoms with Crippen LogP contribution in [0.3, 0.4) is 0 Å². The fourth-order valence-electron chi connectivity index (χ4n) is 0.833. The number of hydrogen-bond donors (Lipinski definition) is 0. The maximum atomic E-state index is 5.88. The number of aromatic nitrogens is 1. The summed E-state index contributed by atoms with van der Waals surface area (Å²) in [6.45, 7) is 0. The molecule has 0 spiro atoms. The molecule has 0 aromatic carbocycles. The molecule has 4 heteroatoms. The summed E-state index contributed by atoms with van der Waals surface area (Å²) in [5, 5.41) is 0.566. The van der Waals surface area contributed by atoms with E-state index in [0.717, 1.165) is 17.3 Å². The zero-order valence-corrected chi connectivity index (χ0v) is 8.60. The summed E-state index contributed by atoms with van der Waals surface area (Å²) >= 11 is 9.16. The number of pyridine rings is 1. The molecular weight excluding hydrogens is 241 g/mol. The van der Waals surface area contributed by atoms with E-state index in [1.54, 1.807) is 12.3 Å². The summed E-state index contributed by atoms with van der Waals surface area (Å²) in [7, 11) is 0. The summed E-state index contributed by atoms with van der Waals surface area (Å²) < 4.78 is 6.32. The third kappa shape index (κ3) is 1.90. The third-order valence-electron chi connectivity index (χ3n) is 1.58. The van der Waals surface area contributed by atoms with Crippen molar-refractivity contribution in [3.63, 3.8) is 0 Å². The molecule has 12 heavy (non-hydrogen) atoms. The van der Waals surface area contributed by atoms with Crippen molar-refractivity contribution in [1.29, 1.82) is 0 Å². The van der Waals surface area contributed by atoms with Crippen LogP contribution in [0.15, 0.2) is 16.7 Å². The van der Waals surface area contributed by atoms with E-state index in [0.29, 0.717) is 17.0 Å². The minimum absolute atomic E-state index is 0.344. The maximum Gasteiger partial charge on any atom is 0.232 e. The standard InChI is InChI=1S/C8H7BrClNO/c9-5-3-7(10)8(11-4-5)12-6-1-2-6/h3-4,6H,1-2H2. The Morgan fingerprint density at radius 2 is 2.33 bits per heavy atom. The molecule has 0 atom stereocenters. The molecule has 1 saturated carbocycles. The Bertz CT molecular complexity index is 301. The van der Waals surface area contributed by atoms with Gasteiger partial charge in [0.15, 0.2) is 0 Å². The van der Waals surface area contributed by atoms with Crippen LogP contribution in [0.5, 0.6) is 5.88 Å². The highest BCUT2D eigenvalue weighted by molar-refractivity contribution is 9.10. The lowest BCUT2D eigenvalue weighted by Gasteiger charge is -2.04. The molecule has 1 aliphatic carbocycles. The van der Waals surface area contributed by atoms with Gasteiger partial charge >= 0.3 is 0 Å². The van der Waals surface area contributed by atoms with E-state index < -0.39 is 0 Å². The molecule has 64 valence electrons. The molecule has 0 unspecified atom stereocenters. The van der Waals surface area contributed by atoms with Crippen LogP contribution in [0.25, 0.3) is 0 Å². The maximum absolute atomic E-state index is 5.88. The first-order valence-electron chi connectivity index (χ1n) is 3.73. The number of hydrogen-bond acceptors (Lipinski definition) is 2. The second-order valence-corrected chi connectivity index (χ2v) is 4.08. The van der Waals surface area contributed by atoms with E-state index in [2.05, 4.69) is 20.9 Å². The molecular formula is C8H7BrClNO. The van der Waals surface area contributed by atoms with Gasteiger partial charge in [-0.3, -0.25) is 0 Å². The Kier molecular flexibility index (Phi) is 2.24. The molecule has 2 nitrogen and oxygen atoms in total. The van der Waals surface area contributed by atoms with Crippen LogP contribution in [0.4, 0.5) is 0 Å². The van der Waals surface area contributed by atoms with Crippen LogP contribution in [0.2, 0.25) is 5.02 Å². The van der Waals surface area contributed by atoms with Gasteiger partial charge in [0.2, 0.25) is 5.88 Å². The van der Waals surface area contributed by atoms with Gasteiger partial charge < -0.3 is 4.74 Å². The zero-order chi connectivity index (χ0) is 8.55. The topological polar surface area (TPSA) is 22.1 Å². The van der Waals surface area contributed by atoms with Crippen LogP contribution < -0.4 is 4.74 Å². The van der Waals surface area contributed by atoms with Gasteiger partial charge in [-0.2, -0.15) is 0 Å². The molecule has 1 aromatic rings. The predicted octanol–water partition coefficient (Wildman–Crippen LogP) is 3.04. The summed E-state index contributed by atoms with van der Waals surface area (Å²) in [6.07, 6.45) is 4.27. The van der Waals surface area contributed by atoms with Crippen molar-refractivity contribution in [2.75, 3.05) is 0 Å². The number of nitrogens with zero attached hydrogens (tertiary/aromatic N) is 1. The Balaban J connectivity index is 2.18. The largest absolute Gasteiger partial charge is 0.473 e. The molecule has 0 aliphatic heterocycles. The van der Waals surface area contributed by atoms with Crippen LogP contribution in [-0.4, -0.2) is 11.1 Å². The molecule has 1 heterocycles. The average Bonchev–Trinajstić information content (AvgIpc) is 2.79. The quantitative estimate of drug-likeness (QED) is 0.802. The summed E-state index contributed by atoms with van der Waals surface area (Å²) in [5.41, 5.74) is 0. The van der Waals surface area contributed by atoms with Gasteiger partial charge in [0.1, 0.15) is 11.1 Å². The average molecular weight is 249 g/mol. The third-order valence-corrected chi connectivity index (χ3v) is 2.28. The van der Waals surface area contributed by atoms with Crippen LogP contribution in [0, 0.1) is 0 Å². The summed E-state index contributed by atoms with van der Waals surface area (Å²) in [4.78, 5) is 4.06. The normalized spacial score (nSPS) is 16.2. The van der Waals surface area contributed by atoms with Crippen LogP contribution in [0.1, 0.15) is 12.8 Å². The summed E-state index contributed by atoms with van der Waals surface area (Å²) in [5.74, 6) is 0.544. The monoisotopic (exact) mass is 247 g/mol. The van der Waals surface area contributed by atoms with Gasteiger partial charge in [0.25, 0.3) is 0 Å². The van der Waals surface area contributed by atoms with Gasteiger partial charge in [-0.05, 0) is 34.8 Å². The van der Waals surface area contributed by atoms with E-state index in [-0.39, 0.29) is 0 Å². The highest BCUT2D eigenvalue weighted by Crippen LogP contribution is 2.31. The van der Waals surface area contributed by atoms with Gasteiger partial charge in [0, 0.05) is 10.7 Å². The van der Waals surface area contributed by atoms with E-state index in [9.17, 15) is 0 Å². The highest BCUT2D eigenvalue weighted by atomic mass is 79.9. The van der Waals surface area contributed by atoms with Gasteiger partial charge in [-0.1, -0.05) is 11.6 Å². The van der Waals surface area contributed by atoms with Gasteiger partial charge in [-0.25, -0.2) is 4.98 Å². The number of rotatable bonds is 2. The highest BCUT2D eigenvalue weighted by Gasteiger charge is 2.24. The van der Waals surface area contributed by atoms with Crippen molar-refractivity contribution in [3.8, 4) is 5.88 Å². The summed E-state index contributed by atoms with van der Waals surface area (Å²) in [6, 6.07) is 1.78. The van der Waals surface area contributed by atoms with Gasteiger partial charge in [-0.15, -0.1) is 0 Å². The molecule has 1 aromatic heterocycles. The first-order chi connectivity index (χ1) is 5.75. The zero-order valence-electron chi connectivity index (χ0n) is 6.26. The molecule has 1 fully saturated rings. The van der Waals surface area contributed by atoms with Crippen molar-refractivity contribution in [1.82, 2.24) is 4.98 Å². The van der Waals surface area contributed by atoms with E-state index in [1.165, 1.54) is 0 Å². The van der Waals surface area contributed by atoms with Crippen LogP contribution >= 0.6 is 27.5 Å². The molecule has 0 saturated heterocycles. The smallest absolute Gasteiger partial charge is 0.232 e. The van der Waals surface area contributed by atoms with Crippen molar-refractivity contribution in [2.45, 2.75) is 18.9 Å². The Morgan fingerprint density at radius 1 is 1.58 bits per heavy atom. The van der Waals surface area contributed by atoms with Crippen molar-refractivity contribution in [3.05, 3.63) is 21.8 Å². The fraction of sp³-hybridized carbons (Fsp3) is 0.375. The Hall–Kier alpha value is -0.280. The Morgan fingerprint density at radius 3 is 2.92 bits per heavy atom. The lowest BCUT2D eigenvalue weighted by Crippen LogP contribution is -1.98. The fourth-order valence-corrected chi connectivity index (χ4v) is 1.51. The minimum Gasteiger partial charge on any atom is -0.473 e. The molecule has 0 N–H and O–H groups in total. The number of halogens is 2. The van der Waals surface area contributed by atoms with E-state index in [1.807, 2.05) is 0 Å².